The average molecular weight is 412 g/mol. The Hall–Kier alpha value is -1.79. The molecule has 7 heteroatoms. The minimum Gasteiger partial charge on any atom is -0.511 e. The fourth-order valence-corrected chi connectivity index (χ4v) is 4.17. The second-order valence-electron chi connectivity index (χ2n) is 6.21. The molecule has 0 amide bonds. The van der Waals surface area contributed by atoms with Gasteiger partial charge in [0.1, 0.15) is 18.2 Å². The summed E-state index contributed by atoms with van der Waals surface area (Å²) in [4.78, 5) is 18.5. The van der Waals surface area contributed by atoms with E-state index in [0.717, 1.165) is 17.1 Å². The summed E-state index contributed by atoms with van der Waals surface area (Å²) in [5.41, 5.74) is 0.754. The molecule has 1 aliphatic carbocycles. The first-order valence-electron chi connectivity index (χ1n) is 8.79. The molecule has 1 aromatic carbocycles. The quantitative estimate of drug-likeness (QED) is 0.185. The van der Waals surface area contributed by atoms with Gasteiger partial charge in [0.2, 0.25) is 0 Å². The molecule has 0 spiro atoms. The number of hydrogen-bond donors (Lipinski definition) is 1. The van der Waals surface area contributed by atoms with Crippen molar-refractivity contribution >= 4 is 34.9 Å². The zero-order chi connectivity index (χ0) is 19.8. The number of thioether (sulfide) groups is 1. The number of allylic oxidation sites excluding steroid dienone is 2. The van der Waals surface area contributed by atoms with Crippen LogP contribution in [0.15, 0.2) is 52.2 Å². The number of ketones is 1. The largest absolute Gasteiger partial charge is 0.511 e. The van der Waals surface area contributed by atoms with E-state index in [4.69, 9.17) is 16.4 Å². The lowest BCUT2D eigenvalue weighted by Crippen LogP contribution is -2.25. The number of aliphatic hydroxyl groups excluding tert-OH is 1. The molecule has 0 heterocycles. The van der Waals surface area contributed by atoms with Crippen LogP contribution in [0.5, 0.6) is 0 Å². The maximum absolute atomic E-state index is 13.2. The van der Waals surface area contributed by atoms with Gasteiger partial charge < -0.3 is 9.94 Å². The van der Waals surface area contributed by atoms with Crippen LogP contribution < -0.4 is 0 Å². The maximum atomic E-state index is 13.2. The fourth-order valence-electron chi connectivity index (χ4n) is 2.87. The molecule has 0 fully saturated rings. The molecule has 0 aromatic heterocycles. The lowest BCUT2D eigenvalue weighted by Gasteiger charge is -2.23. The minimum atomic E-state index is -0.438. The van der Waals surface area contributed by atoms with Gasteiger partial charge in [-0.1, -0.05) is 36.3 Å². The number of nitrogens with zero attached hydrogens (tertiary/aromatic N) is 1. The van der Waals surface area contributed by atoms with Crippen LogP contribution >= 0.6 is 23.4 Å². The predicted octanol–water partition coefficient (Wildman–Crippen LogP) is 5.72. The number of oxime groups is 1. The van der Waals surface area contributed by atoms with Crippen LogP contribution in [0.25, 0.3) is 0 Å². The Morgan fingerprint density at radius 2 is 2.30 bits per heavy atom. The summed E-state index contributed by atoms with van der Waals surface area (Å²) in [5, 5.41) is 14.4. The number of rotatable bonds is 9. The summed E-state index contributed by atoms with van der Waals surface area (Å²) in [7, 11) is 0. The second kappa shape index (κ2) is 10.5. The second-order valence-corrected chi connectivity index (χ2v) is 7.78. The highest BCUT2D eigenvalue weighted by Gasteiger charge is 2.30. The summed E-state index contributed by atoms with van der Waals surface area (Å²) in [6.45, 7) is 5.66. The Morgan fingerprint density at radius 3 is 2.93 bits per heavy atom. The predicted molar refractivity (Wildman–Crippen MR) is 108 cm³/mol. The average Bonchev–Trinajstić information content (AvgIpc) is 2.63. The Bertz CT molecular complexity index is 764. The van der Waals surface area contributed by atoms with E-state index in [9.17, 15) is 14.3 Å². The Kier molecular flexibility index (Phi) is 8.38. The molecule has 0 bridgehead atoms. The van der Waals surface area contributed by atoms with Crippen molar-refractivity contribution in [1.29, 1.82) is 0 Å². The lowest BCUT2D eigenvalue weighted by molar-refractivity contribution is -0.116. The van der Waals surface area contributed by atoms with Gasteiger partial charge in [0.15, 0.2) is 5.78 Å². The van der Waals surface area contributed by atoms with Crippen LogP contribution in [0.4, 0.5) is 4.39 Å². The van der Waals surface area contributed by atoms with Crippen molar-refractivity contribution in [3.05, 3.63) is 53.0 Å². The molecular formula is C20H23ClFNO3S. The number of carbonyl (C=O) groups excluding carboxylic acids is 1. The van der Waals surface area contributed by atoms with Crippen LogP contribution in [-0.4, -0.2) is 29.0 Å². The number of halogens is 2. The van der Waals surface area contributed by atoms with E-state index in [-0.39, 0.29) is 34.7 Å². The summed E-state index contributed by atoms with van der Waals surface area (Å²) in [6.07, 6.45) is 3.62. The van der Waals surface area contributed by atoms with Gasteiger partial charge in [0, 0.05) is 17.7 Å². The Balaban J connectivity index is 1.95. The first kappa shape index (κ1) is 21.5. The van der Waals surface area contributed by atoms with E-state index in [2.05, 4.69) is 11.7 Å². The highest BCUT2D eigenvalue weighted by Crippen LogP contribution is 2.32. The van der Waals surface area contributed by atoms with Crippen LogP contribution in [0.3, 0.4) is 0 Å². The standard InChI is InChI=1S/C20H23ClFNO3S/c1-3-8-26-23-17(4-2)20-18(24)10-13(11-19(20)25)7-9-27-14-5-6-16(22)15(21)12-14/h3,5-6,12-13,24H,1,4,7-11H2,2H3. The SMILES string of the molecule is C=CCON=C(CC)C1=C(O)CC(CCSc2ccc(F)c(Cl)c2)CC1=O. The van der Waals surface area contributed by atoms with E-state index in [0.29, 0.717) is 25.0 Å². The van der Waals surface area contributed by atoms with Crippen molar-refractivity contribution in [2.75, 3.05) is 12.4 Å². The topological polar surface area (TPSA) is 58.9 Å². The van der Waals surface area contributed by atoms with Crippen molar-refractivity contribution in [2.45, 2.75) is 37.5 Å². The molecule has 4 nitrogen and oxygen atoms in total. The number of Topliss-reactive ketones (excluding diaryl/α,β-unsaturated/α-hetero) is 1. The van der Waals surface area contributed by atoms with Crippen LogP contribution in [0.2, 0.25) is 5.02 Å². The first-order chi connectivity index (χ1) is 13.0. The third-order valence-corrected chi connectivity index (χ3v) is 5.52. The minimum absolute atomic E-state index is 0.0665. The van der Waals surface area contributed by atoms with E-state index >= 15 is 0 Å². The van der Waals surface area contributed by atoms with Crippen molar-refractivity contribution in [1.82, 2.24) is 0 Å². The zero-order valence-electron chi connectivity index (χ0n) is 15.2. The molecule has 2 rings (SSSR count). The van der Waals surface area contributed by atoms with Gasteiger partial charge in [-0.05, 0) is 42.7 Å². The number of hydrogen-bond acceptors (Lipinski definition) is 5. The summed E-state index contributed by atoms with van der Waals surface area (Å²) < 4.78 is 13.2. The zero-order valence-corrected chi connectivity index (χ0v) is 16.8. The van der Waals surface area contributed by atoms with E-state index in [1.807, 2.05) is 6.92 Å². The normalized spacial score (nSPS) is 18.0. The molecule has 0 saturated carbocycles. The van der Waals surface area contributed by atoms with Crippen molar-refractivity contribution in [3.63, 3.8) is 0 Å². The highest BCUT2D eigenvalue weighted by molar-refractivity contribution is 7.99. The molecule has 0 saturated heterocycles. The molecule has 146 valence electrons. The van der Waals surface area contributed by atoms with Gasteiger partial charge in [-0.15, -0.1) is 11.8 Å². The van der Waals surface area contributed by atoms with Crippen molar-refractivity contribution in [2.24, 2.45) is 11.1 Å². The smallest absolute Gasteiger partial charge is 0.168 e. The molecule has 0 radical (unpaired) electrons. The third kappa shape index (κ3) is 6.11. The van der Waals surface area contributed by atoms with Gasteiger partial charge in [0.25, 0.3) is 0 Å². The number of aliphatic hydroxyl groups is 1. The molecule has 1 aromatic rings. The van der Waals surface area contributed by atoms with Crippen molar-refractivity contribution < 1.29 is 19.1 Å². The van der Waals surface area contributed by atoms with Gasteiger partial charge in [-0.25, -0.2) is 4.39 Å². The van der Waals surface area contributed by atoms with Gasteiger partial charge in [-0.3, -0.25) is 4.79 Å². The Morgan fingerprint density at radius 1 is 1.52 bits per heavy atom. The summed E-state index contributed by atoms with van der Waals surface area (Å²) in [6, 6.07) is 4.62. The van der Waals surface area contributed by atoms with Crippen LogP contribution in [0, 0.1) is 11.7 Å². The first-order valence-corrected chi connectivity index (χ1v) is 10.2. The van der Waals surface area contributed by atoms with Crippen LogP contribution in [-0.2, 0) is 9.63 Å². The molecule has 1 aliphatic rings. The molecule has 1 N–H and O–H groups in total. The van der Waals surface area contributed by atoms with E-state index in [1.54, 1.807) is 30.0 Å². The van der Waals surface area contributed by atoms with Gasteiger partial charge in [-0.2, -0.15) is 0 Å². The number of benzene rings is 1. The van der Waals surface area contributed by atoms with Crippen LogP contribution in [0.1, 0.15) is 32.6 Å². The molecule has 27 heavy (non-hydrogen) atoms. The summed E-state index contributed by atoms with van der Waals surface area (Å²) >= 11 is 7.34. The molecule has 0 aliphatic heterocycles. The lowest BCUT2D eigenvalue weighted by atomic mass is 9.83. The molecule has 1 unspecified atom stereocenters. The van der Waals surface area contributed by atoms with Gasteiger partial charge >= 0.3 is 0 Å². The molecular weight excluding hydrogens is 389 g/mol. The van der Waals surface area contributed by atoms with Gasteiger partial charge in [0.05, 0.1) is 16.3 Å². The fraction of sp³-hybridized carbons (Fsp3) is 0.400. The Labute approximate surface area is 168 Å². The van der Waals surface area contributed by atoms with E-state index < -0.39 is 5.82 Å². The molecule has 1 atom stereocenters. The highest BCUT2D eigenvalue weighted by atomic mass is 35.5. The van der Waals surface area contributed by atoms with E-state index in [1.165, 1.54) is 6.07 Å². The monoisotopic (exact) mass is 411 g/mol. The number of carbonyl (C=O) groups is 1. The third-order valence-electron chi connectivity index (χ3n) is 4.20. The maximum Gasteiger partial charge on any atom is 0.168 e. The van der Waals surface area contributed by atoms with Crippen molar-refractivity contribution in [3.8, 4) is 0 Å². The summed E-state index contributed by atoms with van der Waals surface area (Å²) in [5.74, 6) is 0.346.